The number of amides is 2. The van der Waals surface area contributed by atoms with E-state index in [1.807, 2.05) is 56.3 Å². The first kappa shape index (κ1) is 33.8. The maximum Gasteiger partial charge on any atom is 0.243 e. The van der Waals surface area contributed by atoms with Crippen LogP contribution >= 0.6 is 23.2 Å². The lowest BCUT2D eigenvalue weighted by Crippen LogP contribution is -2.52. The molecule has 0 aliphatic heterocycles. The molecule has 3 aromatic carbocycles. The van der Waals surface area contributed by atoms with Crippen LogP contribution in [0.1, 0.15) is 60.8 Å². The molecule has 0 unspecified atom stereocenters. The molecule has 10 heteroatoms. The zero-order valence-corrected chi connectivity index (χ0v) is 27.9. The molecule has 1 aliphatic rings. The van der Waals surface area contributed by atoms with Crippen LogP contribution in [0.15, 0.2) is 66.7 Å². The Morgan fingerprint density at radius 3 is 2.30 bits per heavy atom. The molecule has 1 fully saturated rings. The SMILES string of the molecule is Cc1ccc(N(CCCC(=O)N(Cc2ccc(Cl)cc2Cl)[C@H](Cc2ccccc2)C(=O)NC2CCCC2)S(C)(=O)=O)cc1C. The Kier molecular flexibility index (Phi) is 11.7. The standard InChI is InChI=1S/C34H41Cl2N3O4S/c1-24-15-18-30(20-25(24)2)39(44(3,42)43)19-9-14-33(40)38(23-27-16-17-28(35)22-31(27)36)32(21-26-10-5-4-6-11-26)34(41)37-29-12-7-8-13-29/h4-6,10-11,15-18,20,22,29,32H,7-9,12-14,19,21,23H2,1-3H3,(H,37,41)/t32-/m1/s1. The van der Waals surface area contributed by atoms with Gasteiger partial charge >= 0.3 is 0 Å². The number of halogens is 2. The summed E-state index contributed by atoms with van der Waals surface area (Å²) in [5.41, 5.74) is 4.20. The van der Waals surface area contributed by atoms with E-state index in [4.69, 9.17) is 23.2 Å². The zero-order valence-electron chi connectivity index (χ0n) is 25.6. The normalized spacial score (nSPS) is 14.3. The number of carbonyl (C=O) groups excluding carboxylic acids is 2. The molecule has 0 spiro atoms. The van der Waals surface area contributed by atoms with E-state index in [1.165, 1.54) is 10.6 Å². The Morgan fingerprint density at radius 2 is 1.66 bits per heavy atom. The van der Waals surface area contributed by atoms with Gasteiger partial charge in [-0.1, -0.05) is 78.5 Å². The van der Waals surface area contributed by atoms with E-state index in [9.17, 15) is 18.0 Å². The van der Waals surface area contributed by atoms with E-state index in [-0.39, 0.29) is 43.8 Å². The van der Waals surface area contributed by atoms with E-state index in [1.54, 1.807) is 29.2 Å². The number of aryl methyl sites for hydroxylation is 2. The molecule has 0 heterocycles. The van der Waals surface area contributed by atoms with Gasteiger partial charge in [-0.3, -0.25) is 13.9 Å². The molecular weight excluding hydrogens is 617 g/mol. The van der Waals surface area contributed by atoms with Crippen LogP contribution in [0.5, 0.6) is 0 Å². The van der Waals surface area contributed by atoms with Crippen molar-refractivity contribution in [1.29, 1.82) is 0 Å². The molecule has 44 heavy (non-hydrogen) atoms. The van der Waals surface area contributed by atoms with Crippen molar-refractivity contribution in [2.75, 3.05) is 17.1 Å². The van der Waals surface area contributed by atoms with Crippen LogP contribution in [0.25, 0.3) is 0 Å². The fraction of sp³-hybridized carbons (Fsp3) is 0.412. The van der Waals surface area contributed by atoms with Gasteiger partial charge in [-0.2, -0.15) is 0 Å². The van der Waals surface area contributed by atoms with E-state index in [2.05, 4.69) is 5.32 Å². The number of benzene rings is 3. The van der Waals surface area contributed by atoms with E-state index < -0.39 is 16.1 Å². The molecule has 2 amide bonds. The number of sulfonamides is 1. The molecule has 4 rings (SSSR count). The van der Waals surface area contributed by atoms with Crippen molar-refractivity contribution in [2.24, 2.45) is 0 Å². The van der Waals surface area contributed by atoms with Gasteiger partial charge in [-0.05, 0) is 79.6 Å². The second-order valence-electron chi connectivity index (χ2n) is 11.7. The van der Waals surface area contributed by atoms with E-state index in [0.29, 0.717) is 27.7 Å². The Labute approximate surface area is 271 Å². The molecule has 1 N–H and O–H groups in total. The Bertz CT molecular complexity index is 1560. The lowest BCUT2D eigenvalue weighted by atomic mass is 10.0. The molecule has 236 valence electrons. The van der Waals surface area contributed by atoms with Crippen LogP contribution in [0, 0.1) is 13.8 Å². The first-order valence-electron chi connectivity index (χ1n) is 15.0. The summed E-state index contributed by atoms with van der Waals surface area (Å²) in [7, 11) is -3.59. The predicted molar refractivity (Wildman–Crippen MR) is 179 cm³/mol. The number of hydrogen-bond acceptors (Lipinski definition) is 4. The van der Waals surface area contributed by atoms with Gasteiger partial charge in [-0.25, -0.2) is 8.42 Å². The fourth-order valence-electron chi connectivity index (χ4n) is 5.64. The van der Waals surface area contributed by atoms with Crippen LogP contribution in [-0.4, -0.2) is 50.0 Å². The second-order valence-corrected chi connectivity index (χ2v) is 14.4. The molecule has 7 nitrogen and oxygen atoms in total. The topological polar surface area (TPSA) is 86.8 Å². The van der Waals surface area contributed by atoms with E-state index in [0.717, 1.165) is 42.4 Å². The molecular formula is C34H41Cl2N3O4S. The monoisotopic (exact) mass is 657 g/mol. The van der Waals surface area contributed by atoms with Crippen molar-refractivity contribution in [1.82, 2.24) is 10.2 Å². The van der Waals surface area contributed by atoms with Crippen molar-refractivity contribution >= 4 is 50.7 Å². The predicted octanol–water partition coefficient (Wildman–Crippen LogP) is 6.86. The Balaban J connectivity index is 1.61. The lowest BCUT2D eigenvalue weighted by molar-refractivity contribution is -0.141. The minimum atomic E-state index is -3.59. The Hall–Kier alpha value is -3.07. The average molecular weight is 659 g/mol. The van der Waals surface area contributed by atoms with Crippen LogP contribution in [-0.2, 0) is 32.6 Å². The highest BCUT2D eigenvalue weighted by Gasteiger charge is 2.32. The smallest absolute Gasteiger partial charge is 0.243 e. The van der Waals surface area contributed by atoms with Gasteiger partial charge in [0, 0.05) is 42.0 Å². The van der Waals surface area contributed by atoms with Crippen molar-refractivity contribution < 1.29 is 18.0 Å². The highest BCUT2D eigenvalue weighted by Crippen LogP contribution is 2.26. The number of nitrogens with zero attached hydrogens (tertiary/aromatic N) is 2. The molecule has 0 bridgehead atoms. The summed E-state index contributed by atoms with van der Waals surface area (Å²) >= 11 is 12.7. The minimum Gasteiger partial charge on any atom is -0.352 e. The summed E-state index contributed by atoms with van der Waals surface area (Å²) in [5, 5.41) is 4.08. The van der Waals surface area contributed by atoms with Gasteiger partial charge in [0.15, 0.2) is 0 Å². The van der Waals surface area contributed by atoms with Crippen molar-refractivity contribution in [3.05, 3.63) is 99.0 Å². The molecule has 0 saturated heterocycles. The van der Waals surface area contributed by atoms with Gasteiger partial charge in [-0.15, -0.1) is 0 Å². The molecule has 0 aromatic heterocycles. The van der Waals surface area contributed by atoms with Crippen molar-refractivity contribution in [2.45, 2.75) is 77.4 Å². The summed E-state index contributed by atoms with van der Waals surface area (Å²) in [6, 6.07) is 19.5. The Morgan fingerprint density at radius 1 is 0.955 bits per heavy atom. The zero-order chi connectivity index (χ0) is 31.9. The van der Waals surface area contributed by atoms with Gasteiger partial charge in [0.05, 0.1) is 11.9 Å². The number of carbonyl (C=O) groups is 2. The summed E-state index contributed by atoms with van der Waals surface area (Å²) in [4.78, 5) is 29.6. The summed E-state index contributed by atoms with van der Waals surface area (Å²) < 4.78 is 26.9. The van der Waals surface area contributed by atoms with Crippen LogP contribution in [0.2, 0.25) is 10.0 Å². The van der Waals surface area contributed by atoms with Gasteiger partial charge in [0.2, 0.25) is 21.8 Å². The average Bonchev–Trinajstić information content (AvgIpc) is 3.48. The summed E-state index contributed by atoms with van der Waals surface area (Å²) in [5.74, 6) is -0.459. The van der Waals surface area contributed by atoms with Gasteiger partial charge < -0.3 is 10.2 Å². The highest BCUT2D eigenvalue weighted by atomic mass is 35.5. The molecule has 1 atom stereocenters. The third kappa shape index (κ3) is 9.22. The van der Waals surface area contributed by atoms with E-state index >= 15 is 0 Å². The lowest BCUT2D eigenvalue weighted by Gasteiger charge is -2.33. The molecule has 0 radical (unpaired) electrons. The maximum absolute atomic E-state index is 14.1. The van der Waals surface area contributed by atoms with Crippen molar-refractivity contribution in [3.63, 3.8) is 0 Å². The minimum absolute atomic E-state index is 0.0457. The number of rotatable bonds is 13. The number of anilines is 1. The van der Waals surface area contributed by atoms with Gasteiger partial charge in [0.1, 0.15) is 6.04 Å². The molecule has 1 aliphatic carbocycles. The van der Waals surface area contributed by atoms with Gasteiger partial charge in [0.25, 0.3) is 0 Å². The third-order valence-corrected chi connectivity index (χ3v) is 10.0. The van der Waals surface area contributed by atoms with Crippen molar-refractivity contribution in [3.8, 4) is 0 Å². The quantitative estimate of drug-likeness (QED) is 0.218. The third-order valence-electron chi connectivity index (χ3n) is 8.26. The van der Waals surface area contributed by atoms with Crippen LogP contribution in [0.4, 0.5) is 5.69 Å². The molecule has 3 aromatic rings. The fourth-order valence-corrected chi connectivity index (χ4v) is 7.07. The largest absolute Gasteiger partial charge is 0.352 e. The highest BCUT2D eigenvalue weighted by molar-refractivity contribution is 7.92. The molecule has 1 saturated carbocycles. The van der Waals surface area contributed by atoms with Crippen LogP contribution in [0.3, 0.4) is 0 Å². The number of hydrogen-bond donors (Lipinski definition) is 1. The second kappa shape index (κ2) is 15.3. The first-order valence-corrected chi connectivity index (χ1v) is 17.7. The first-order chi connectivity index (χ1) is 20.9. The maximum atomic E-state index is 14.1. The summed E-state index contributed by atoms with van der Waals surface area (Å²) in [6.45, 7) is 4.14. The van der Waals surface area contributed by atoms with Crippen LogP contribution < -0.4 is 9.62 Å². The summed E-state index contributed by atoms with van der Waals surface area (Å²) in [6.07, 6.45) is 5.77. The number of nitrogens with one attached hydrogen (secondary N) is 1.